The van der Waals surface area contributed by atoms with Crippen LogP contribution in [0.15, 0.2) is 30.3 Å². The molecule has 2 amide bonds. The summed E-state index contributed by atoms with van der Waals surface area (Å²) >= 11 is 0. The molecule has 0 aromatic heterocycles. The Morgan fingerprint density at radius 3 is 2.62 bits per heavy atom. The number of alkyl carbamates (subject to hydrolysis) is 1. The summed E-state index contributed by atoms with van der Waals surface area (Å²) in [7, 11) is 1.30. The zero-order valence-corrected chi connectivity index (χ0v) is 13.9. The number of benzene rings is 1. The van der Waals surface area contributed by atoms with Crippen molar-refractivity contribution in [3.05, 3.63) is 35.9 Å². The molecule has 7 nitrogen and oxygen atoms in total. The highest BCUT2D eigenvalue weighted by molar-refractivity contribution is 5.91. The van der Waals surface area contributed by atoms with Crippen molar-refractivity contribution in [2.75, 3.05) is 20.3 Å². The van der Waals surface area contributed by atoms with Crippen LogP contribution in [0.3, 0.4) is 0 Å². The molecule has 0 bridgehead atoms. The van der Waals surface area contributed by atoms with Crippen molar-refractivity contribution >= 4 is 18.0 Å². The number of amides is 2. The normalized spacial score (nSPS) is 17.9. The number of nitrogens with zero attached hydrogens (tertiary/aromatic N) is 1. The van der Waals surface area contributed by atoms with Gasteiger partial charge in [-0.05, 0) is 25.3 Å². The van der Waals surface area contributed by atoms with Gasteiger partial charge < -0.3 is 19.7 Å². The molecule has 2 atom stereocenters. The summed E-state index contributed by atoms with van der Waals surface area (Å²) in [6.07, 6.45) is 0.597. The molecule has 7 heteroatoms. The van der Waals surface area contributed by atoms with Crippen LogP contribution in [-0.2, 0) is 19.1 Å². The lowest BCUT2D eigenvalue weighted by Crippen LogP contribution is -2.47. The van der Waals surface area contributed by atoms with Crippen molar-refractivity contribution in [2.24, 2.45) is 0 Å². The summed E-state index contributed by atoms with van der Waals surface area (Å²) in [5.41, 5.74) is 0.631. The molecular formula is C17H22N2O5. The smallest absolute Gasteiger partial charge is 0.408 e. The van der Waals surface area contributed by atoms with E-state index >= 15 is 0 Å². The fourth-order valence-corrected chi connectivity index (χ4v) is 2.80. The summed E-state index contributed by atoms with van der Waals surface area (Å²) in [6.45, 7) is 2.34. The van der Waals surface area contributed by atoms with Crippen molar-refractivity contribution in [3.8, 4) is 0 Å². The number of carbonyl (C=O) groups is 3. The van der Waals surface area contributed by atoms with Crippen molar-refractivity contribution < 1.29 is 23.9 Å². The average molecular weight is 334 g/mol. The highest BCUT2D eigenvalue weighted by Gasteiger charge is 2.38. The van der Waals surface area contributed by atoms with Crippen LogP contribution in [0.4, 0.5) is 4.79 Å². The van der Waals surface area contributed by atoms with Crippen LogP contribution in [-0.4, -0.2) is 49.2 Å². The number of nitrogens with one attached hydrogen (secondary N) is 1. The first-order valence-electron chi connectivity index (χ1n) is 7.95. The summed E-state index contributed by atoms with van der Waals surface area (Å²) in [6, 6.07) is 7.36. The van der Waals surface area contributed by atoms with E-state index in [4.69, 9.17) is 9.47 Å². The third kappa shape index (κ3) is 4.04. The Morgan fingerprint density at radius 2 is 2.00 bits per heavy atom. The van der Waals surface area contributed by atoms with Crippen LogP contribution in [0.1, 0.15) is 31.4 Å². The van der Waals surface area contributed by atoms with Gasteiger partial charge in [0.1, 0.15) is 12.1 Å². The Morgan fingerprint density at radius 1 is 1.29 bits per heavy atom. The van der Waals surface area contributed by atoms with E-state index in [2.05, 4.69) is 5.32 Å². The zero-order valence-electron chi connectivity index (χ0n) is 13.9. The second kappa shape index (κ2) is 8.33. The number of esters is 1. The quantitative estimate of drug-likeness (QED) is 0.828. The predicted octanol–water partition coefficient (Wildman–Crippen LogP) is 1.64. The number of ether oxygens (including phenoxy) is 2. The second-order valence-electron chi connectivity index (χ2n) is 5.42. The van der Waals surface area contributed by atoms with Crippen LogP contribution in [0.25, 0.3) is 0 Å². The minimum absolute atomic E-state index is 0.204. The molecule has 1 heterocycles. The average Bonchev–Trinajstić information content (AvgIpc) is 3.09. The fourth-order valence-electron chi connectivity index (χ4n) is 2.80. The first kappa shape index (κ1) is 17.8. The molecule has 1 aromatic rings. The molecule has 1 aliphatic rings. The Labute approximate surface area is 140 Å². The molecule has 0 radical (unpaired) electrons. The molecule has 1 fully saturated rings. The van der Waals surface area contributed by atoms with E-state index in [1.165, 1.54) is 12.0 Å². The molecule has 0 saturated carbocycles. The molecule has 2 rings (SSSR count). The van der Waals surface area contributed by atoms with Gasteiger partial charge in [0.2, 0.25) is 0 Å². The largest absolute Gasteiger partial charge is 0.467 e. The maximum absolute atomic E-state index is 13.0. The van der Waals surface area contributed by atoms with E-state index in [1.807, 2.05) is 6.07 Å². The monoisotopic (exact) mass is 334 g/mol. The molecule has 1 aromatic carbocycles. The van der Waals surface area contributed by atoms with E-state index in [0.29, 0.717) is 24.9 Å². The van der Waals surface area contributed by atoms with Crippen LogP contribution in [0.2, 0.25) is 0 Å². The van der Waals surface area contributed by atoms with Crippen LogP contribution in [0, 0.1) is 0 Å². The van der Waals surface area contributed by atoms with E-state index < -0.39 is 24.1 Å². The summed E-state index contributed by atoms with van der Waals surface area (Å²) in [5, 5.41) is 2.58. The molecule has 1 aliphatic heterocycles. The van der Waals surface area contributed by atoms with E-state index in [0.717, 1.165) is 0 Å². The maximum atomic E-state index is 13.0. The second-order valence-corrected chi connectivity index (χ2v) is 5.42. The highest BCUT2D eigenvalue weighted by Crippen LogP contribution is 2.24. The lowest BCUT2D eigenvalue weighted by molar-refractivity contribution is -0.151. The van der Waals surface area contributed by atoms with Crippen LogP contribution in [0.5, 0.6) is 0 Å². The van der Waals surface area contributed by atoms with Crippen molar-refractivity contribution in [3.63, 3.8) is 0 Å². The highest BCUT2D eigenvalue weighted by atomic mass is 16.5. The molecule has 24 heavy (non-hydrogen) atoms. The summed E-state index contributed by atoms with van der Waals surface area (Å²) < 4.78 is 9.66. The van der Waals surface area contributed by atoms with Crippen molar-refractivity contribution in [1.82, 2.24) is 10.2 Å². The summed E-state index contributed by atoms with van der Waals surface area (Å²) in [5.74, 6) is -0.786. The minimum Gasteiger partial charge on any atom is -0.467 e. The SMILES string of the molecule is CCOC(=O)N[C@@H](C(=O)N1CCC[C@H]1C(=O)OC)c1ccccc1. The van der Waals surface area contributed by atoms with E-state index in [-0.39, 0.29) is 12.5 Å². The predicted molar refractivity (Wildman–Crippen MR) is 86.1 cm³/mol. The van der Waals surface area contributed by atoms with Gasteiger partial charge >= 0.3 is 12.1 Å². The van der Waals surface area contributed by atoms with Gasteiger partial charge in [-0.3, -0.25) is 4.79 Å². The zero-order chi connectivity index (χ0) is 17.5. The molecule has 1 saturated heterocycles. The molecule has 0 aliphatic carbocycles. The molecule has 0 spiro atoms. The van der Waals surface area contributed by atoms with Crippen molar-refractivity contribution in [2.45, 2.75) is 31.8 Å². The Hall–Kier alpha value is -2.57. The number of methoxy groups -OCH3 is 1. The Bertz CT molecular complexity index is 590. The standard InChI is InChI=1S/C17H22N2O5/c1-3-24-17(22)18-14(12-8-5-4-6-9-12)15(20)19-11-7-10-13(19)16(21)23-2/h4-6,8-9,13-14H,3,7,10-11H2,1-2H3,(H,18,22)/t13-,14+/m0/s1. The third-order valence-electron chi connectivity index (χ3n) is 3.93. The molecule has 0 unspecified atom stereocenters. The lowest BCUT2D eigenvalue weighted by Gasteiger charge is -2.28. The van der Waals surface area contributed by atoms with Gasteiger partial charge in [0.05, 0.1) is 13.7 Å². The first-order chi connectivity index (χ1) is 11.6. The molecule has 1 N–H and O–H groups in total. The van der Waals surface area contributed by atoms with Gasteiger partial charge in [-0.15, -0.1) is 0 Å². The number of hydrogen-bond donors (Lipinski definition) is 1. The van der Waals surface area contributed by atoms with Crippen LogP contribution >= 0.6 is 0 Å². The van der Waals surface area contributed by atoms with Gasteiger partial charge in [0, 0.05) is 6.54 Å². The topological polar surface area (TPSA) is 84.9 Å². The fraction of sp³-hybridized carbons (Fsp3) is 0.471. The minimum atomic E-state index is -0.907. The van der Waals surface area contributed by atoms with E-state index in [9.17, 15) is 14.4 Å². The van der Waals surface area contributed by atoms with Crippen molar-refractivity contribution in [1.29, 1.82) is 0 Å². The number of hydrogen-bond acceptors (Lipinski definition) is 5. The van der Waals surface area contributed by atoms with Gasteiger partial charge in [0.25, 0.3) is 5.91 Å². The van der Waals surface area contributed by atoms with Gasteiger partial charge in [0.15, 0.2) is 0 Å². The Balaban J connectivity index is 2.24. The molecular weight excluding hydrogens is 312 g/mol. The van der Waals surface area contributed by atoms with Crippen LogP contribution < -0.4 is 5.32 Å². The van der Waals surface area contributed by atoms with Gasteiger partial charge in [-0.2, -0.15) is 0 Å². The number of likely N-dealkylation sites (tertiary alicyclic amines) is 1. The first-order valence-corrected chi connectivity index (χ1v) is 7.95. The lowest BCUT2D eigenvalue weighted by atomic mass is 10.1. The van der Waals surface area contributed by atoms with Gasteiger partial charge in [-0.1, -0.05) is 30.3 Å². The maximum Gasteiger partial charge on any atom is 0.408 e. The number of carbonyl (C=O) groups excluding carboxylic acids is 3. The van der Waals surface area contributed by atoms with E-state index in [1.54, 1.807) is 31.2 Å². The summed E-state index contributed by atoms with van der Waals surface area (Å²) in [4.78, 5) is 38.1. The third-order valence-corrected chi connectivity index (χ3v) is 3.93. The molecule has 130 valence electrons. The van der Waals surface area contributed by atoms with Gasteiger partial charge in [-0.25, -0.2) is 9.59 Å². The Kier molecular flexibility index (Phi) is 6.17. The number of rotatable bonds is 5.